The molecule has 1 rings (SSSR count). The second-order valence-corrected chi connectivity index (χ2v) is 1.67. The van der Waals surface area contributed by atoms with Crippen LogP contribution in [0.1, 0.15) is 0 Å². The van der Waals surface area contributed by atoms with E-state index in [2.05, 4.69) is 0 Å². The number of nitrogens with one attached hydrogen (secondary N) is 2. The smallest absolute Gasteiger partial charge is 0.328 e. The maximum absolute atomic E-state index is 10.5. The van der Waals surface area contributed by atoms with Crippen LogP contribution in [0.3, 0.4) is 0 Å². The van der Waals surface area contributed by atoms with Crippen molar-refractivity contribution in [2.24, 2.45) is 0 Å². The zero-order valence-corrected chi connectivity index (χ0v) is 6.07. The van der Waals surface area contributed by atoms with E-state index in [9.17, 15) is 9.59 Å². The number of aromatic amines is 2. The molecule has 0 aromatic carbocycles. The van der Waals surface area contributed by atoms with Crippen LogP contribution >= 0.6 is 12.4 Å². The van der Waals surface area contributed by atoms with Crippen LogP contribution in [0.4, 0.5) is 5.69 Å². The Kier molecular flexibility index (Phi) is 2.70. The van der Waals surface area contributed by atoms with Crippen molar-refractivity contribution in [3.63, 3.8) is 0 Å². The molecule has 1 heterocycles. The molecular weight excluding hydrogens is 174 g/mol. The fraction of sp³-hybridized carbons (Fsp3) is 0. The second-order valence-electron chi connectivity index (χ2n) is 1.67. The Hall–Kier alpha value is -1.43. The third kappa shape index (κ3) is 1.74. The lowest BCUT2D eigenvalue weighted by atomic mass is 10.5. The largest absolute Gasteiger partial charge is 0.493 e. The Labute approximate surface area is 66.5 Å². The fourth-order valence-corrected chi connectivity index (χ4v) is 0.484. The molecule has 0 saturated carbocycles. The standard InChI is InChI=1S/C4H5N3O3.ClH/c5-1-2(8)6-4(10)7-3(1)9;/h5H2,(H3,6,7,8,9,10);1H. The third-order valence-electron chi connectivity index (χ3n) is 0.959. The molecule has 0 saturated heterocycles. The SMILES string of the molecule is Cl.Nc1c(O)[nH]c(=O)[nH]c1=O. The molecule has 5 N–H and O–H groups in total. The molecule has 0 radical (unpaired) electrons. The van der Waals surface area contributed by atoms with Gasteiger partial charge in [0.25, 0.3) is 5.56 Å². The lowest BCUT2D eigenvalue weighted by Gasteiger charge is -1.92. The Morgan fingerprint density at radius 2 is 1.82 bits per heavy atom. The molecule has 0 aliphatic heterocycles. The molecule has 7 heteroatoms. The minimum Gasteiger partial charge on any atom is -0.493 e. The van der Waals surface area contributed by atoms with E-state index in [4.69, 9.17) is 10.8 Å². The number of nitrogen functional groups attached to an aromatic ring is 1. The van der Waals surface area contributed by atoms with E-state index in [0.717, 1.165) is 0 Å². The number of hydrogen-bond acceptors (Lipinski definition) is 4. The van der Waals surface area contributed by atoms with Crippen molar-refractivity contribution in [3.05, 3.63) is 20.8 Å². The van der Waals surface area contributed by atoms with E-state index in [-0.39, 0.29) is 18.1 Å². The summed E-state index contributed by atoms with van der Waals surface area (Å²) in [5.41, 5.74) is 3.03. The second kappa shape index (κ2) is 3.11. The Morgan fingerprint density at radius 1 is 1.27 bits per heavy atom. The van der Waals surface area contributed by atoms with Crippen LogP contribution in [0.5, 0.6) is 5.88 Å². The number of H-pyrrole nitrogens is 2. The lowest BCUT2D eigenvalue weighted by molar-refractivity contribution is 0.451. The van der Waals surface area contributed by atoms with Crippen LogP contribution in [0.15, 0.2) is 9.59 Å². The molecule has 0 aliphatic carbocycles. The molecule has 11 heavy (non-hydrogen) atoms. The first-order chi connectivity index (χ1) is 4.61. The van der Waals surface area contributed by atoms with Gasteiger partial charge in [-0.05, 0) is 0 Å². The molecule has 0 aliphatic rings. The average molecular weight is 180 g/mol. The maximum Gasteiger partial charge on any atom is 0.328 e. The van der Waals surface area contributed by atoms with Crippen molar-refractivity contribution in [3.8, 4) is 5.88 Å². The quantitative estimate of drug-likeness (QED) is 0.400. The maximum atomic E-state index is 10.5. The molecule has 0 amide bonds. The number of hydrogen-bond donors (Lipinski definition) is 4. The van der Waals surface area contributed by atoms with Gasteiger partial charge in [0.05, 0.1) is 0 Å². The predicted octanol–water partition coefficient (Wildman–Crippen LogP) is -1.23. The van der Waals surface area contributed by atoms with Crippen LogP contribution in [0, 0.1) is 0 Å². The van der Waals surface area contributed by atoms with Crippen LogP contribution in [0.2, 0.25) is 0 Å². The number of aromatic hydroxyl groups is 1. The summed E-state index contributed by atoms with van der Waals surface area (Å²) >= 11 is 0. The summed E-state index contributed by atoms with van der Waals surface area (Å²) in [7, 11) is 0. The number of nitrogens with two attached hydrogens (primary N) is 1. The van der Waals surface area contributed by atoms with E-state index in [0.29, 0.717) is 0 Å². The van der Waals surface area contributed by atoms with Crippen molar-refractivity contribution in [2.75, 3.05) is 5.73 Å². The number of anilines is 1. The summed E-state index contributed by atoms with van der Waals surface area (Å²) in [6.07, 6.45) is 0. The Bertz CT molecular complexity index is 354. The molecule has 6 nitrogen and oxygen atoms in total. The minimum absolute atomic E-state index is 0. The predicted molar refractivity (Wildman–Crippen MR) is 41.0 cm³/mol. The molecule has 0 spiro atoms. The molecule has 62 valence electrons. The van der Waals surface area contributed by atoms with Gasteiger partial charge in [0, 0.05) is 0 Å². The summed E-state index contributed by atoms with van der Waals surface area (Å²) < 4.78 is 0. The van der Waals surface area contributed by atoms with Crippen LogP contribution in [0.25, 0.3) is 0 Å². The van der Waals surface area contributed by atoms with Crippen molar-refractivity contribution in [1.29, 1.82) is 0 Å². The normalized spacial score (nSPS) is 8.73. The summed E-state index contributed by atoms with van der Waals surface area (Å²) in [5.74, 6) is -0.603. The molecule has 1 aromatic rings. The first kappa shape index (κ1) is 9.57. The van der Waals surface area contributed by atoms with E-state index in [1.165, 1.54) is 0 Å². The van der Waals surface area contributed by atoms with Gasteiger partial charge >= 0.3 is 5.69 Å². The van der Waals surface area contributed by atoms with Crippen LogP contribution in [-0.2, 0) is 0 Å². The van der Waals surface area contributed by atoms with Crippen molar-refractivity contribution in [1.82, 2.24) is 9.97 Å². The first-order valence-electron chi connectivity index (χ1n) is 2.42. The van der Waals surface area contributed by atoms with Gasteiger partial charge in [-0.2, -0.15) is 0 Å². The van der Waals surface area contributed by atoms with Crippen molar-refractivity contribution in [2.45, 2.75) is 0 Å². The first-order valence-corrected chi connectivity index (χ1v) is 2.42. The van der Waals surface area contributed by atoms with Gasteiger partial charge in [-0.25, -0.2) is 4.79 Å². The van der Waals surface area contributed by atoms with Gasteiger partial charge in [-0.3, -0.25) is 14.8 Å². The Balaban J connectivity index is 0.000001000. The van der Waals surface area contributed by atoms with E-state index < -0.39 is 17.1 Å². The highest BCUT2D eigenvalue weighted by Gasteiger charge is 2.00. The molecule has 0 unspecified atom stereocenters. The van der Waals surface area contributed by atoms with E-state index in [1.807, 2.05) is 9.97 Å². The van der Waals surface area contributed by atoms with Crippen molar-refractivity contribution >= 4 is 18.1 Å². The molecular formula is C4H6ClN3O3. The molecule has 1 aromatic heterocycles. The van der Waals surface area contributed by atoms with Crippen LogP contribution < -0.4 is 17.0 Å². The monoisotopic (exact) mass is 179 g/mol. The van der Waals surface area contributed by atoms with E-state index in [1.54, 1.807) is 0 Å². The van der Waals surface area contributed by atoms with Gasteiger partial charge in [-0.15, -0.1) is 12.4 Å². The van der Waals surface area contributed by atoms with E-state index >= 15 is 0 Å². The van der Waals surface area contributed by atoms with Crippen molar-refractivity contribution < 1.29 is 5.11 Å². The summed E-state index contributed by atoms with van der Waals surface area (Å²) in [4.78, 5) is 24.6. The average Bonchev–Trinajstić information content (AvgIpc) is 1.82. The minimum atomic E-state index is -0.791. The summed E-state index contributed by atoms with van der Waals surface area (Å²) in [6.45, 7) is 0. The highest BCUT2D eigenvalue weighted by Crippen LogP contribution is 2.03. The number of halogens is 1. The zero-order valence-electron chi connectivity index (χ0n) is 5.25. The number of rotatable bonds is 0. The van der Waals surface area contributed by atoms with Gasteiger partial charge in [0.1, 0.15) is 0 Å². The lowest BCUT2D eigenvalue weighted by Crippen LogP contribution is -2.23. The summed E-state index contributed by atoms with van der Waals surface area (Å²) in [5, 5.41) is 8.68. The highest BCUT2D eigenvalue weighted by atomic mass is 35.5. The zero-order chi connectivity index (χ0) is 7.72. The Morgan fingerprint density at radius 3 is 2.27 bits per heavy atom. The highest BCUT2D eigenvalue weighted by molar-refractivity contribution is 5.85. The molecule has 0 bridgehead atoms. The third-order valence-corrected chi connectivity index (χ3v) is 0.959. The molecule has 0 atom stereocenters. The number of aromatic nitrogens is 2. The topological polar surface area (TPSA) is 112 Å². The van der Waals surface area contributed by atoms with Gasteiger partial charge in [0.2, 0.25) is 5.88 Å². The van der Waals surface area contributed by atoms with Gasteiger partial charge in [0.15, 0.2) is 5.69 Å². The van der Waals surface area contributed by atoms with Gasteiger partial charge < -0.3 is 10.8 Å². The van der Waals surface area contributed by atoms with Crippen LogP contribution in [-0.4, -0.2) is 15.1 Å². The van der Waals surface area contributed by atoms with Gasteiger partial charge in [-0.1, -0.05) is 0 Å². The summed E-state index contributed by atoms with van der Waals surface area (Å²) in [6, 6.07) is 0. The molecule has 0 fully saturated rings. The fourth-order valence-electron chi connectivity index (χ4n) is 0.484.